The molecule has 136 valence electrons. The molecule has 1 aromatic carbocycles. The number of amides is 1. The van der Waals surface area contributed by atoms with Crippen molar-refractivity contribution in [1.82, 2.24) is 10.6 Å². The number of carbonyl (C=O) groups excluding carboxylic acids is 1. The van der Waals surface area contributed by atoms with Gasteiger partial charge in [-0.25, -0.2) is 0 Å². The number of guanidine groups is 1. The fourth-order valence-electron chi connectivity index (χ4n) is 1.98. The molecule has 0 unspecified atom stereocenters. The van der Waals surface area contributed by atoms with Gasteiger partial charge in [0.15, 0.2) is 11.7 Å². The van der Waals surface area contributed by atoms with Gasteiger partial charge in [-0.2, -0.15) is 0 Å². The molecule has 2 rings (SSSR count). The molecule has 0 saturated heterocycles. The van der Waals surface area contributed by atoms with E-state index in [0.717, 1.165) is 5.56 Å². The van der Waals surface area contributed by atoms with Gasteiger partial charge in [0.1, 0.15) is 0 Å². The maximum atomic E-state index is 11.9. The Morgan fingerprint density at radius 1 is 1.20 bits per heavy atom. The van der Waals surface area contributed by atoms with Gasteiger partial charge in [-0.05, 0) is 29.8 Å². The van der Waals surface area contributed by atoms with Crippen molar-refractivity contribution in [2.75, 3.05) is 32.6 Å². The number of hydrogen-bond donors (Lipinski definition) is 3. The summed E-state index contributed by atoms with van der Waals surface area (Å²) in [6.45, 7) is 1.93. The number of benzene rings is 1. The largest absolute Gasteiger partial charge is 0.459 e. The topological polar surface area (TPSA) is 87.9 Å². The first kappa shape index (κ1) is 21.0. The maximum absolute atomic E-state index is 11.9. The number of ether oxygens (including phenoxy) is 1. The van der Waals surface area contributed by atoms with Gasteiger partial charge in [0.05, 0.1) is 12.9 Å². The lowest BCUT2D eigenvalue weighted by atomic mass is 10.2. The number of rotatable bonds is 7. The molecule has 0 aliphatic carbocycles. The summed E-state index contributed by atoms with van der Waals surface area (Å²) in [6.07, 6.45) is 1.47. The Bertz CT molecular complexity index is 657. The van der Waals surface area contributed by atoms with E-state index in [1.54, 1.807) is 26.3 Å². The normalized spacial score (nSPS) is 10.7. The van der Waals surface area contributed by atoms with Gasteiger partial charge in [-0.15, -0.1) is 24.0 Å². The third kappa shape index (κ3) is 7.14. The molecule has 1 amide bonds. The van der Waals surface area contributed by atoms with E-state index in [2.05, 4.69) is 20.9 Å². The second kappa shape index (κ2) is 11.5. The molecule has 0 aliphatic rings. The van der Waals surface area contributed by atoms with E-state index < -0.39 is 0 Å². The fourth-order valence-corrected chi connectivity index (χ4v) is 1.98. The Balaban J connectivity index is 0.00000312. The number of hydrogen-bond acceptors (Lipinski definition) is 4. The molecule has 7 nitrogen and oxygen atoms in total. The molecular formula is C17H23IN4O3. The van der Waals surface area contributed by atoms with Crippen molar-refractivity contribution in [1.29, 1.82) is 0 Å². The van der Waals surface area contributed by atoms with Crippen LogP contribution in [0.3, 0.4) is 0 Å². The molecule has 0 aliphatic heterocycles. The van der Waals surface area contributed by atoms with E-state index in [1.807, 2.05) is 24.3 Å². The SMILES string of the molecule is CN=C(NCCOC)NCc1ccc(NC(=O)c2ccco2)cc1.I. The van der Waals surface area contributed by atoms with Gasteiger partial charge in [-0.3, -0.25) is 9.79 Å². The molecule has 0 fully saturated rings. The highest BCUT2D eigenvalue weighted by Gasteiger charge is 2.08. The summed E-state index contributed by atoms with van der Waals surface area (Å²) in [6, 6.07) is 10.9. The van der Waals surface area contributed by atoms with Crippen molar-refractivity contribution in [3.05, 3.63) is 54.0 Å². The average Bonchev–Trinajstić information content (AvgIpc) is 3.14. The molecule has 25 heavy (non-hydrogen) atoms. The van der Waals surface area contributed by atoms with Gasteiger partial charge in [0.25, 0.3) is 5.91 Å². The molecule has 1 aromatic heterocycles. The van der Waals surface area contributed by atoms with Crippen LogP contribution in [0.2, 0.25) is 0 Å². The highest BCUT2D eigenvalue weighted by atomic mass is 127. The molecule has 0 saturated carbocycles. The molecule has 0 radical (unpaired) electrons. The monoisotopic (exact) mass is 458 g/mol. The van der Waals surface area contributed by atoms with Crippen molar-refractivity contribution in [3.8, 4) is 0 Å². The standard InChI is InChI=1S/C17H22N4O3.HI/c1-18-17(19-9-11-23-2)20-12-13-5-7-14(8-6-13)21-16(22)15-4-3-10-24-15;/h3-8,10H,9,11-12H2,1-2H3,(H,21,22)(H2,18,19,20);1H. The summed E-state index contributed by atoms with van der Waals surface area (Å²) in [5, 5.41) is 9.13. The lowest BCUT2D eigenvalue weighted by molar-refractivity contribution is 0.0996. The quantitative estimate of drug-likeness (QED) is 0.257. The van der Waals surface area contributed by atoms with Crippen molar-refractivity contribution < 1.29 is 13.9 Å². The summed E-state index contributed by atoms with van der Waals surface area (Å²) >= 11 is 0. The number of nitrogens with zero attached hydrogens (tertiary/aromatic N) is 1. The number of nitrogens with one attached hydrogen (secondary N) is 3. The van der Waals surface area contributed by atoms with Crippen LogP contribution in [0.1, 0.15) is 16.1 Å². The van der Waals surface area contributed by atoms with E-state index >= 15 is 0 Å². The van der Waals surface area contributed by atoms with E-state index in [1.165, 1.54) is 6.26 Å². The van der Waals surface area contributed by atoms with Crippen molar-refractivity contribution in [2.45, 2.75) is 6.54 Å². The van der Waals surface area contributed by atoms with E-state index in [9.17, 15) is 4.79 Å². The fraction of sp³-hybridized carbons (Fsp3) is 0.294. The molecule has 0 atom stereocenters. The maximum Gasteiger partial charge on any atom is 0.291 e. The zero-order chi connectivity index (χ0) is 17.2. The average molecular weight is 458 g/mol. The molecule has 0 bridgehead atoms. The number of anilines is 1. The Hall–Kier alpha value is -2.07. The van der Waals surface area contributed by atoms with E-state index in [-0.39, 0.29) is 35.6 Å². The minimum Gasteiger partial charge on any atom is -0.459 e. The van der Waals surface area contributed by atoms with Gasteiger partial charge in [0.2, 0.25) is 0 Å². The molecule has 2 aromatic rings. The molecule has 0 spiro atoms. The van der Waals surface area contributed by atoms with Crippen molar-refractivity contribution in [3.63, 3.8) is 0 Å². The summed E-state index contributed by atoms with van der Waals surface area (Å²) in [5.41, 5.74) is 1.78. The Kier molecular flexibility index (Phi) is 9.63. The van der Waals surface area contributed by atoms with Crippen LogP contribution in [0.25, 0.3) is 0 Å². The van der Waals surface area contributed by atoms with Crippen LogP contribution in [0.4, 0.5) is 5.69 Å². The van der Waals surface area contributed by atoms with Gasteiger partial charge >= 0.3 is 0 Å². The first-order chi connectivity index (χ1) is 11.7. The van der Waals surface area contributed by atoms with Crippen LogP contribution < -0.4 is 16.0 Å². The van der Waals surface area contributed by atoms with Crippen LogP contribution in [0, 0.1) is 0 Å². The molecule has 3 N–H and O–H groups in total. The third-order valence-corrected chi connectivity index (χ3v) is 3.24. The minimum absolute atomic E-state index is 0. The smallest absolute Gasteiger partial charge is 0.291 e. The summed E-state index contributed by atoms with van der Waals surface area (Å²) in [7, 11) is 3.37. The van der Waals surface area contributed by atoms with Crippen LogP contribution in [0.15, 0.2) is 52.1 Å². The predicted octanol–water partition coefficient (Wildman–Crippen LogP) is 2.46. The minimum atomic E-state index is -0.270. The van der Waals surface area contributed by atoms with Gasteiger partial charge in [-0.1, -0.05) is 12.1 Å². The Labute approximate surface area is 164 Å². The Morgan fingerprint density at radius 3 is 2.56 bits per heavy atom. The van der Waals surface area contributed by atoms with E-state index in [4.69, 9.17) is 9.15 Å². The zero-order valence-corrected chi connectivity index (χ0v) is 16.6. The second-order valence-electron chi connectivity index (χ2n) is 4.97. The summed E-state index contributed by atoms with van der Waals surface area (Å²) < 4.78 is 10.0. The lowest BCUT2D eigenvalue weighted by Crippen LogP contribution is -2.38. The molecule has 1 heterocycles. The van der Waals surface area contributed by atoms with Crippen LogP contribution >= 0.6 is 24.0 Å². The number of carbonyl (C=O) groups is 1. The van der Waals surface area contributed by atoms with Gasteiger partial charge < -0.3 is 25.1 Å². The first-order valence-electron chi connectivity index (χ1n) is 7.60. The van der Waals surface area contributed by atoms with Crippen LogP contribution in [0.5, 0.6) is 0 Å². The van der Waals surface area contributed by atoms with Crippen molar-refractivity contribution >= 4 is 41.5 Å². The predicted molar refractivity (Wildman–Crippen MR) is 109 cm³/mol. The highest BCUT2D eigenvalue weighted by molar-refractivity contribution is 14.0. The molecule has 8 heteroatoms. The highest BCUT2D eigenvalue weighted by Crippen LogP contribution is 2.11. The Morgan fingerprint density at radius 2 is 1.96 bits per heavy atom. The van der Waals surface area contributed by atoms with Crippen LogP contribution in [-0.4, -0.2) is 39.2 Å². The third-order valence-electron chi connectivity index (χ3n) is 3.24. The number of aliphatic imine (C=N–C) groups is 1. The van der Waals surface area contributed by atoms with Crippen LogP contribution in [-0.2, 0) is 11.3 Å². The summed E-state index contributed by atoms with van der Waals surface area (Å²) in [4.78, 5) is 16.0. The lowest BCUT2D eigenvalue weighted by Gasteiger charge is -2.12. The molecular weight excluding hydrogens is 435 g/mol. The first-order valence-corrected chi connectivity index (χ1v) is 7.60. The zero-order valence-electron chi connectivity index (χ0n) is 14.2. The second-order valence-corrected chi connectivity index (χ2v) is 4.97. The number of methoxy groups -OCH3 is 1. The van der Waals surface area contributed by atoms with E-state index in [0.29, 0.717) is 31.3 Å². The van der Waals surface area contributed by atoms with Gasteiger partial charge in [0, 0.05) is 32.9 Å². The number of furan rings is 1. The number of halogens is 1. The van der Waals surface area contributed by atoms with Crippen molar-refractivity contribution in [2.24, 2.45) is 4.99 Å². The summed E-state index contributed by atoms with van der Waals surface area (Å²) in [5.74, 6) is 0.725.